The third kappa shape index (κ3) is 4.20. The lowest BCUT2D eigenvalue weighted by atomic mass is 10.2. The fraction of sp³-hybridized carbons (Fsp3) is 0.500. The second kappa shape index (κ2) is 6.36. The molecule has 0 spiro atoms. The van der Waals surface area contributed by atoms with Gasteiger partial charge in [0.1, 0.15) is 0 Å². The molecule has 0 bridgehead atoms. The first-order chi connectivity index (χ1) is 9.78. The van der Waals surface area contributed by atoms with Gasteiger partial charge in [0.25, 0.3) is 0 Å². The summed E-state index contributed by atoms with van der Waals surface area (Å²) in [6, 6.07) is 5.59. The Kier molecular flexibility index (Phi) is 4.93. The van der Waals surface area contributed by atoms with Gasteiger partial charge in [-0.1, -0.05) is 22.0 Å². The second-order valence-corrected chi connectivity index (χ2v) is 8.46. The van der Waals surface area contributed by atoms with Crippen molar-refractivity contribution in [3.63, 3.8) is 0 Å². The highest BCUT2D eigenvalue weighted by Crippen LogP contribution is 2.21. The van der Waals surface area contributed by atoms with E-state index in [2.05, 4.69) is 21.2 Å². The molecule has 1 aliphatic heterocycles. The maximum Gasteiger partial charge on any atom is 0.241 e. The van der Waals surface area contributed by atoms with Crippen LogP contribution in [0, 0.1) is 6.92 Å². The van der Waals surface area contributed by atoms with Crippen molar-refractivity contribution in [2.24, 2.45) is 0 Å². The summed E-state index contributed by atoms with van der Waals surface area (Å²) >= 11 is 3.45. The Hall–Kier alpha value is -1.08. The number of aryl methyl sites for hydroxylation is 1. The summed E-state index contributed by atoms with van der Waals surface area (Å²) in [4.78, 5) is 13.7. The summed E-state index contributed by atoms with van der Waals surface area (Å²) in [5.41, 5.74) is 1.98. The highest BCUT2D eigenvalue weighted by Gasteiger charge is 2.32. The number of nitrogens with one attached hydrogen (secondary N) is 1. The lowest BCUT2D eigenvalue weighted by Gasteiger charge is -2.23. The zero-order valence-corrected chi connectivity index (χ0v) is 14.5. The minimum Gasteiger partial charge on any atom is -0.376 e. The molecular formula is C14H19BrN2O3S. The van der Waals surface area contributed by atoms with E-state index in [9.17, 15) is 13.2 Å². The molecule has 0 aromatic heterocycles. The first-order valence-corrected chi connectivity index (χ1v) is 9.36. The summed E-state index contributed by atoms with van der Waals surface area (Å²) in [5.74, 6) is 0.146. The van der Waals surface area contributed by atoms with E-state index < -0.39 is 9.84 Å². The lowest BCUT2D eigenvalue weighted by Crippen LogP contribution is -2.40. The lowest BCUT2D eigenvalue weighted by molar-refractivity contribution is -0.129. The number of carbonyl (C=O) groups excluding carboxylic acids is 1. The minimum atomic E-state index is -2.97. The molecule has 1 aliphatic rings. The molecule has 1 saturated heterocycles. The van der Waals surface area contributed by atoms with Crippen LogP contribution in [0.3, 0.4) is 0 Å². The summed E-state index contributed by atoms with van der Waals surface area (Å²) in [7, 11) is -1.30. The standard InChI is InChI=1S/C14H19BrN2O3S/c1-10-3-4-11(7-13(10)15)16-8-14(18)17(2)12-5-6-21(19,20)9-12/h3-4,7,12,16H,5-6,8-9H2,1-2H3. The van der Waals surface area contributed by atoms with Gasteiger partial charge in [0.2, 0.25) is 5.91 Å². The third-order valence-electron chi connectivity index (χ3n) is 3.77. The molecule has 7 heteroatoms. The van der Waals surface area contributed by atoms with Crippen molar-refractivity contribution >= 4 is 37.4 Å². The van der Waals surface area contributed by atoms with Crippen LogP contribution in [-0.2, 0) is 14.6 Å². The number of sulfone groups is 1. The highest BCUT2D eigenvalue weighted by molar-refractivity contribution is 9.10. The molecule has 1 unspecified atom stereocenters. The predicted octanol–water partition coefficient (Wildman–Crippen LogP) is 1.81. The van der Waals surface area contributed by atoms with Crippen LogP contribution in [0.5, 0.6) is 0 Å². The van der Waals surface area contributed by atoms with Gasteiger partial charge in [-0.15, -0.1) is 0 Å². The van der Waals surface area contributed by atoms with Gasteiger partial charge in [-0.3, -0.25) is 4.79 Å². The third-order valence-corrected chi connectivity index (χ3v) is 6.37. The van der Waals surface area contributed by atoms with Gasteiger partial charge in [0, 0.05) is 23.2 Å². The molecule has 1 fully saturated rings. The topological polar surface area (TPSA) is 66.5 Å². The number of nitrogens with zero attached hydrogens (tertiary/aromatic N) is 1. The molecule has 0 saturated carbocycles. The molecule has 1 N–H and O–H groups in total. The first-order valence-electron chi connectivity index (χ1n) is 6.74. The van der Waals surface area contributed by atoms with E-state index >= 15 is 0 Å². The number of carbonyl (C=O) groups is 1. The van der Waals surface area contributed by atoms with Crippen molar-refractivity contribution in [3.8, 4) is 0 Å². The molecule has 1 aromatic rings. The van der Waals surface area contributed by atoms with E-state index in [0.717, 1.165) is 15.7 Å². The molecule has 1 atom stereocenters. The fourth-order valence-electron chi connectivity index (χ4n) is 2.29. The first kappa shape index (κ1) is 16.3. The van der Waals surface area contributed by atoms with Crippen LogP contribution in [0.15, 0.2) is 22.7 Å². The number of halogens is 1. The number of rotatable bonds is 4. The summed E-state index contributed by atoms with van der Waals surface area (Å²) < 4.78 is 23.9. The number of benzene rings is 1. The van der Waals surface area contributed by atoms with Crippen molar-refractivity contribution in [2.45, 2.75) is 19.4 Å². The average Bonchev–Trinajstić information content (AvgIpc) is 2.79. The Labute approximate surface area is 133 Å². The predicted molar refractivity (Wildman–Crippen MR) is 87.2 cm³/mol. The van der Waals surface area contributed by atoms with E-state index in [0.29, 0.717) is 6.42 Å². The fourth-order valence-corrected chi connectivity index (χ4v) is 4.44. The molecule has 5 nitrogen and oxygen atoms in total. The molecular weight excluding hydrogens is 356 g/mol. The highest BCUT2D eigenvalue weighted by atomic mass is 79.9. The Bertz CT molecular complexity index is 646. The molecule has 0 aliphatic carbocycles. The van der Waals surface area contributed by atoms with Crippen molar-refractivity contribution in [1.82, 2.24) is 4.90 Å². The zero-order chi connectivity index (χ0) is 15.6. The van der Waals surface area contributed by atoms with E-state index in [-0.39, 0.29) is 30.0 Å². The van der Waals surface area contributed by atoms with E-state index in [1.54, 1.807) is 11.9 Å². The number of anilines is 1. The van der Waals surface area contributed by atoms with Crippen molar-refractivity contribution in [2.75, 3.05) is 30.4 Å². The van der Waals surface area contributed by atoms with Crippen molar-refractivity contribution in [1.29, 1.82) is 0 Å². The zero-order valence-electron chi connectivity index (χ0n) is 12.1. The quantitative estimate of drug-likeness (QED) is 0.872. The maximum atomic E-state index is 12.1. The van der Waals surface area contributed by atoms with E-state index in [1.165, 1.54) is 0 Å². The van der Waals surface area contributed by atoms with E-state index in [4.69, 9.17) is 0 Å². The molecule has 2 rings (SSSR count). The largest absolute Gasteiger partial charge is 0.376 e. The van der Waals surface area contributed by atoms with Crippen molar-refractivity contribution in [3.05, 3.63) is 28.2 Å². The monoisotopic (exact) mass is 374 g/mol. The second-order valence-electron chi connectivity index (χ2n) is 5.38. The summed E-state index contributed by atoms with van der Waals surface area (Å²) in [5, 5.41) is 3.07. The van der Waals surface area contributed by atoms with Gasteiger partial charge in [0.05, 0.1) is 18.1 Å². The average molecular weight is 375 g/mol. The van der Waals surface area contributed by atoms with Crippen LogP contribution in [-0.4, -0.2) is 50.4 Å². The maximum absolute atomic E-state index is 12.1. The van der Waals surface area contributed by atoms with Gasteiger partial charge in [-0.25, -0.2) is 8.42 Å². The van der Waals surface area contributed by atoms with Gasteiger partial charge in [-0.2, -0.15) is 0 Å². The molecule has 21 heavy (non-hydrogen) atoms. The van der Waals surface area contributed by atoms with Crippen LogP contribution < -0.4 is 5.32 Å². The smallest absolute Gasteiger partial charge is 0.241 e. The van der Waals surface area contributed by atoms with Gasteiger partial charge >= 0.3 is 0 Å². The Morgan fingerprint density at radius 2 is 2.19 bits per heavy atom. The van der Waals surface area contributed by atoms with Gasteiger partial charge in [-0.05, 0) is 31.0 Å². The van der Waals surface area contributed by atoms with Crippen LogP contribution in [0.1, 0.15) is 12.0 Å². The molecule has 1 aromatic carbocycles. The van der Waals surface area contributed by atoms with Crippen LogP contribution in [0.4, 0.5) is 5.69 Å². The Balaban J connectivity index is 1.91. The van der Waals surface area contributed by atoms with E-state index in [1.807, 2.05) is 25.1 Å². The van der Waals surface area contributed by atoms with Crippen LogP contribution in [0.2, 0.25) is 0 Å². The minimum absolute atomic E-state index is 0.0747. The Morgan fingerprint density at radius 1 is 1.48 bits per heavy atom. The molecule has 1 heterocycles. The van der Waals surface area contributed by atoms with Crippen LogP contribution in [0.25, 0.3) is 0 Å². The van der Waals surface area contributed by atoms with Crippen molar-refractivity contribution < 1.29 is 13.2 Å². The molecule has 0 radical (unpaired) electrons. The van der Waals surface area contributed by atoms with Gasteiger partial charge < -0.3 is 10.2 Å². The molecule has 116 valence electrons. The number of amides is 1. The normalized spacial score (nSPS) is 20.2. The SMILES string of the molecule is Cc1ccc(NCC(=O)N(C)C2CCS(=O)(=O)C2)cc1Br. The van der Waals surface area contributed by atoms with Crippen LogP contribution >= 0.6 is 15.9 Å². The number of hydrogen-bond donors (Lipinski definition) is 1. The Morgan fingerprint density at radius 3 is 2.76 bits per heavy atom. The van der Waals surface area contributed by atoms with Gasteiger partial charge in [0.15, 0.2) is 9.84 Å². The summed E-state index contributed by atoms with van der Waals surface area (Å²) in [6.07, 6.45) is 0.528. The number of hydrogen-bond acceptors (Lipinski definition) is 4. The molecule has 1 amide bonds. The summed E-state index contributed by atoms with van der Waals surface area (Å²) in [6.45, 7) is 2.15. The number of likely N-dealkylation sites (N-methyl/N-ethyl adjacent to an activating group) is 1.